The maximum atomic E-state index is 12.2. The Morgan fingerprint density at radius 3 is 2.59 bits per heavy atom. The van der Waals surface area contributed by atoms with E-state index in [-0.39, 0.29) is 15.9 Å². The minimum absolute atomic E-state index is 0.225. The second-order valence-electron chi connectivity index (χ2n) is 4.71. The molecule has 1 heterocycles. The third-order valence-corrected chi connectivity index (χ3v) is 5.42. The lowest BCUT2D eigenvalue weighted by atomic mass is 9.91. The van der Waals surface area contributed by atoms with Gasteiger partial charge in [0, 0.05) is 13.1 Å². The molecule has 0 atom stereocenters. The van der Waals surface area contributed by atoms with E-state index in [1.807, 2.05) is 0 Å². The Labute approximate surface area is 107 Å². The normalized spacial score (nSPS) is 18.5. The molecule has 1 saturated carbocycles. The van der Waals surface area contributed by atoms with E-state index in [0.29, 0.717) is 5.92 Å². The molecule has 1 fully saturated rings. The van der Waals surface area contributed by atoms with Gasteiger partial charge in [0.15, 0.2) is 20.0 Å². The number of hydrogen-bond acceptors (Lipinski definition) is 3. The molecule has 0 aliphatic heterocycles. The average molecular weight is 277 g/mol. The summed E-state index contributed by atoms with van der Waals surface area (Å²) in [5.41, 5.74) is 0. The van der Waals surface area contributed by atoms with Gasteiger partial charge < -0.3 is 0 Å². The standard InChI is InChI=1S/C11H17ClN2O2S/c1-14-11(7-10(12)13-14)17(15,16)8-9-5-3-2-4-6-9/h7,9H,2-6,8H2,1H3. The number of sulfone groups is 1. The topological polar surface area (TPSA) is 52.0 Å². The molecule has 0 unspecified atom stereocenters. The Bertz CT molecular complexity index is 490. The fourth-order valence-corrected chi connectivity index (χ4v) is 4.60. The number of halogens is 1. The first-order valence-corrected chi connectivity index (χ1v) is 7.94. The lowest BCUT2D eigenvalue weighted by Gasteiger charge is -2.21. The van der Waals surface area contributed by atoms with Gasteiger partial charge in [0.1, 0.15) is 0 Å². The van der Waals surface area contributed by atoms with Crippen molar-refractivity contribution in [1.29, 1.82) is 0 Å². The van der Waals surface area contributed by atoms with E-state index in [4.69, 9.17) is 11.6 Å². The first-order chi connectivity index (χ1) is 7.99. The molecule has 1 aliphatic rings. The van der Waals surface area contributed by atoms with Crippen molar-refractivity contribution in [2.45, 2.75) is 37.1 Å². The molecule has 0 saturated heterocycles. The van der Waals surface area contributed by atoms with E-state index in [2.05, 4.69) is 5.10 Å². The summed E-state index contributed by atoms with van der Waals surface area (Å²) in [7, 11) is -1.64. The number of aryl methyl sites for hydroxylation is 1. The number of rotatable bonds is 3. The highest BCUT2D eigenvalue weighted by molar-refractivity contribution is 7.91. The maximum absolute atomic E-state index is 12.2. The molecule has 1 aliphatic carbocycles. The Hall–Kier alpha value is -0.550. The molecule has 0 spiro atoms. The summed E-state index contributed by atoms with van der Waals surface area (Å²) in [6.07, 6.45) is 5.56. The second-order valence-corrected chi connectivity index (χ2v) is 7.08. The number of aromatic nitrogens is 2. The largest absolute Gasteiger partial charge is 0.256 e. The first-order valence-electron chi connectivity index (χ1n) is 5.91. The lowest BCUT2D eigenvalue weighted by Crippen LogP contribution is -2.20. The molecule has 0 radical (unpaired) electrons. The Morgan fingerprint density at radius 1 is 1.41 bits per heavy atom. The predicted molar refractivity (Wildman–Crippen MR) is 66.8 cm³/mol. The Balaban J connectivity index is 2.15. The third-order valence-electron chi connectivity index (χ3n) is 3.31. The predicted octanol–water partition coefficient (Wildman–Crippen LogP) is 2.43. The van der Waals surface area contributed by atoms with Crippen LogP contribution in [0, 0.1) is 5.92 Å². The fourth-order valence-electron chi connectivity index (χ4n) is 2.46. The Kier molecular flexibility index (Phi) is 3.78. The smallest absolute Gasteiger partial charge is 0.195 e. The molecule has 96 valence electrons. The molecule has 0 aromatic carbocycles. The van der Waals surface area contributed by atoms with Crippen molar-refractivity contribution >= 4 is 21.4 Å². The lowest BCUT2D eigenvalue weighted by molar-refractivity contribution is 0.384. The third kappa shape index (κ3) is 3.01. The van der Waals surface area contributed by atoms with Crippen molar-refractivity contribution in [1.82, 2.24) is 9.78 Å². The zero-order chi connectivity index (χ0) is 12.5. The highest BCUT2D eigenvalue weighted by atomic mass is 35.5. The van der Waals surface area contributed by atoms with Crippen molar-refractivity contribution in [3.05, 3.63) is 11.2 Å². The first kappa shape index (κ1) is 12.9. The molecule has 4 nitrogen and oxygen atoms in total. The summed E-state index contributed by atoms with van der Waals surface area (Å²) >= 11 is 5.72. The highest BCUT2D eigenvalue weighted by Crippen LogP contribution is 2.27. The van der Waals surface area contributed by atoms with Gasteiger partial charge in [0.2, 0.25) is 0 Å². The summed E-state index contributed by atoms with van der Waals surface area (Å²) in [5, 5.41) is 4.33. The monoisotopic (exact) mass is 276 g/mol. The van der Waals surface area contributed by atoms with Gasteiger partial charge in [-0.05, 0) is 18.8 Å². The van der Waals surface area contributed by atoms with Gasteiger partial charge in [-0.2, -0.15) is 5.10 Å². The average Bonchev–Trinajstić information content (AvgIpc) is 2.59. The van der Waals surface area contributed by atoms with Crippen LogP contribution in [0.4, 0.5) is 0 Å². The molecular weight excluding hydrogens is 260 g/mol. The molecule has 1 aromatic rings. The van der Waals surface area contributed by atoms with Crippen molar-refractivity contribution < 1.29 is 8.42 Å². The number of nitrogens with zero attached hydrogens (tertiary/aromatic N) is 2. The van der Waals surface area contributed by atoms with Gasteiger partial charge in [0.05, 0.1) is 5.75 Å². The van der Waals surface area contributed by atoms with Crippen molar-refractivity contribution in [2.75, 3.05) is 5.75 Å². The molecule has 6 heteroatoms. The summed E-state index contributed by atoms with van der Waals surface area (Å²) in [6.45, 7) is 0. The van der Waals surface area contributed by atoms with E-state index in [9.17, 15) is 8.42 Å². The van der Waals surface area contributed by atoms with Gasteiger partial charge in [-0.25, -0.2) is 8.42 Å². The SMILES string of the molecule is Cn1nc(Cl)cc1S(=O)(=O)CC1CCCCC1. The quantitative estimate of drug-likeness (QED) is 0.852. The minimum atomic E-state index is -3.25. The van der Waals surface area contributed by atoms with Gasteiger partial charge in [0.25, 0.3) is 0 Å². The second kappa shape index (κ2) is 4.98. The van der Waals surface area contributed by atoms with Crippen LogP contribution in [0.2, 0.25) is 5.15 Å². The van der Waals surface area contributed by atoms with Crippen LogP contribution >= 0.6 is 11.6 Å². The van der Waals surface area contributed by atoms with Crippen molar-refractivity contribution in [3.63, 3.8) is 0 Å². The maximum Gasteiger partial charge on any atom is 0.195 e. The zero-order valence-electron chi connectivity index (χ0n) is 9.89. The van der Waals surface area contributed by atoms with Crippen LogP contribution < -0.4 is 0 Å². The zero-order valence-corrected chi connectivity index (χ0v) is 11.5. The van der Waals surface area contributed by atoms with Crippen LogP contribution in [-0.2, 0) is 16.9 Å². The Morgan fingerprint density at radius 2 is 2.06 bits per heavy atom. The van der Waals surface area contributed by atoms with Gasteiger partial charge >= 0.3 is 0 Å². The molecule has 17 heavy (non-hydrogen) atoms. The van der Waals surface area contributed by atoms with E-state index < -0.39 is 9.84 Å². The van der Waals surface area contributed by atoms with Crippen LogP contribution in [0.5, 0.6) is 0 Å². The van der Waals surface area contributed by atoms with E-state index in [0.717, 1.165) is 25.7 Å². The summed E-state index contributed by atoms with van der Waals surface area (Å²) < 4.78 is 25.8. The molecular formula is C11H17ClN2O2S. The van der Waals surface area contributed by atoms with Crippen molar-refractivity contribution in [2.24, 2.45) is 13.0 Å². The summed E-state index contributed by atoms with van der Waals surface area (Å²) in [5.74, 6) is 0.519. The highest BCUT2D eigenvalue weighted by Gasteiger charge is 2.25. The van der Waals surface area contributed by atoms with E-state index in [1.54, 1.807) is 7.05 Å². The molecule has 0 N–H and O–H groups in total. The van der Waals surface area contributed by atoms with Gasteiger partial charge in [-0.1, -0.05) is 30.9 Å². The molecule has 0 bridgehead atoms. The molecule has 2 rings (SSSR count). The minimum Gasteiger partial charge on any atom is -0.256 e. The molecule has 0 amide bonds. The van der Waals surface area contributed by atoms with Crippen LogP contribution in [-0.4, -0.2) is 24.0 Å². The summed E-state index contributed by atoms with van der Waals surface area (Å²) in [6, 6.07) is 1.43. The number of hydrogen-bond donors (Lipinski definition) is 0. The fraction of sp³-hybridized carbons (Fsp3) is 0.727. The van der Waals surface area contributed by atoms with Crippen molar-refractivity contribution in [3.8, 4) is 0 Å². The van der Waals surface area contributed by atoms with Crippen LogP contribution in [0.25, 0.3) is 0 Å². The van der Waals surface area contributed by atoms with E-state index in [1.165, 1.54) is 17.2 Å². The van der Waals surface area contributed by atoms with Crippen LogP contribution in [0.15, 0.2) is 11.1 Å². The van der Waals surface area contributed by atoms with Gasteiger partial charge in [-0.3, -0.25) is 4.68 Å². The molecule has 1 aromatic heterocycles. The van der Waals surface area contributed by atoms with Crippen LogP contribution in [0.1, 0.15) is 32.1 Å². The summed E-state index contributed by atoms with van der Waals surface area (Å²) in [4.78, 5) is 0. The van der Waals surface area contributed by atoms with E-state index >= 15 is 0 Å². The van der Waals surface area contributed by atoms with Gasteiger partial charge in [-0.15, -0.1) is 0 Å². The van der Waals surface area contributed by atoms with Crippen LogP contribution in [0.3, 0.4) is 0 Å².